The van der Waals surface area contributed by atoms with Crippen LogP contribution in [0.25, 0.3) is 17.0 Å². The Kier molecular flexibility index (Phi) is 3.94. The molecule has 0 spiro atoms. The van der Waals surface area contributed by atoms with E-state index in [1.165, 1.54) is 0 Å². The number of methoxy groups -OCH3 is 1. The third-order valence-electron chi connectivity index (χ3n) is 2.81. The van der Waals surface area contributed by atoms with Crippen molar-refractivity contribution in [1.29, 1.82) is 0 Å². The van der Waals surface area contributed by atoms with Gasteiger partial charge in [0, 0.05) is 18.4 Å². The lowest BCUT2D eigenvalue weighted by molar-refractivity contribution is 0.218. The Bertz CT molecular complexity index is 699. The van der Waals surface area contributed by atoms with E-state index in [1.807, 2.05) is 42.5 Å². The molecule has 5 nitrogen and oxygen atoms in total. The van der Waals surface area contributed by atoms with Gasteiger partial charge in [-0.25, -0.2) is 0 Å². The number of aromatic nitrogens is 4. The van der Waals surface area contributed by atoms with Gasteiger partial charge in [-0.3, -0.25) is 0 Å². The van der Waals surface area contributed by atoms with E-state index in [-0.39, 0.29) is 0 Å². The van der Waals surface area contributed by atoms with Gasteiger partial charge in [0.1, 0.15) is 5.03 Å². The average molecular weight is 286 g/mol. The Morgan fingerprint density at radius 3 is 2.75 bits per heavy atom. The summed E-state index contributed by atoms with van der Waals surface area (Å²) < 4.78 is 6.83. The van der Waals surface area contributed by atoms with Gasteiger partial charge in [-0.05, 0) is 12.1 Å². The monoisotopic (exact) mass is 286 g/mol. The van der Waals surface area contributed by atoms with E-state index in [1.54, 1.807) is 23.4 Å². The van der Waals surface area contributed by atoms with E-state index in [0.717, 1.165) is 27.8 Å². The van der Waals surface area contributed by atoms with Crippen LogP contribution < -0.4 is 0 Å². The molecule has 2 heterocycles. The first-order valence-electron chi connectivity index (χ1n) is 6.28. The van der Waals surface area contributed by atoms with Gasteiger partial charge in [-0.1, -0.05) is 30.3 Å². The van der Waals surface area contributed by atoms with E-state index in [4.69, 9.17) is 4.74 Å². The Morgan fingerprint density at radius 2 is 1.95 bits per heavy atom. The molecule has 0 radical (unpaired) electrons. The lowest BCUT2D eigenvalue weighted by Crippen LogP contribution is -1.98. The highest BCUT2D eigenvalue weighted by Crippen LogP contribution is 2.20. The fourth-order valence-electron chi connectivity index (χ4n) is 1.85. The van der Waals surface area contributed by atoms with Crippen LogP contribution in [0.2, 0.25) is 0 Å². The number of benzene rings is 1. The van der Waals surface area contributed by atoms with Crippen LogP contribution in [0.15, 0.2) is 47.5 Å². The quantitative estimate of drug-likeness (QED) is 0.533. The third-order valence-corrected chi connectivity index (χ3v) is 3.69. The van der Waals surface area contributed by atoms with Crippen molar-refractivity contribution in [2.75, 3.05) is 19.5 Å². The van der Waals surface area contributed by atoms with Crippen LogP contribution >= 0.6 is 11.8 Å². The lowest BCUT2D eigenvalue weighted by atomic mass is 10.2. The van der Waals surface area contributed by atoms with Crippen molar-refractivity contribution >= 4 is 17.4 Å². The van der Waals surface area contributed by atoms with Crippen molar-refractivity contribution in [2.45, 2.75) is 5.03 Å². The summed E-state index contributed by atoms with van der Waals surface area (Å²) in [6.07, 6.45) is 0. The number of nitrogens with zero attached hydrogens (tertiary/aromatic N) is 4. The minimum atomic E-state index is 0.706. The summed E-state index contributed by atoms with van der Waals surface area (Å²) in [5.41, 5.74) is 1.76. The highest BCUT2D eigenvalue weighted by atomic mass is 32.2. The highest BCUT2D eigenvalue weighted by molar-refractivity contribution is 7.99. The number of hydrogen-bond acceptors (Lipinski definition) is 5. The maximum absolute atomic E-state index is 5.05. The lowest BCUT2D eigenvalue weighted by Gasteiger charge is -2.02. The minimum absolute atomic E-state index is 0.706. The predicted molar refractivity (Wildman–Crippen MR) is 78.8 cm³/mol. The second kappa shape index (κ2) is 6.02. The van der Waals surface area contributed by atoms with Gasteiger partial charge in [-0.2, -0.15) is 9.61 Å². The first-order valence-corrected chi connectivity index (χ1v) is 7.26. The molecule has 0 aliphatic carbocycles. The Balaban J connectivity index is 1.96. The fraction of sp³-hybridized carbons (Fsp3) is 0.214. The number of thioether (sulfide) groups is 1. The van der Waals surface area contributed by atoms with Crippen LogP contribution in [0.3, 0.4) is 0 Å². The number of rotatable bonds is 5. The molecule has 1 aromatic carbocycles. The predicted octanol–water partition coefficient (Wildman–Crippen LogP) is 2.53. The van der Waals surface area contributed by atoms with Gasteiger partial charge in [0.15, 0.2) is 11.5 Å². The molecular formula is C14H14N4OS. The average Bonchev–Trinajstić information content (AvgIpc) is 2.91. The molecule has 0 fully saturated rings. The Labute approximate surface area is 121 Å². The van der Waals surface area contributed by atoms with E-state index in [2.05, 4.69) is 15.3 Å². The van der Waals surface area contributed by atoms with E-state index in [0.29, 0.717) is 6.61 Å². The molecule has 0 atom stereocenters. The SMILES string of the molecule is COCCSc1ccc2nnc(-c3ccccc3)n2n1. The van der Waals surface area contributed by atoms with Crippen LogP contribution in [-0.2, 0) is 4.74 Å². The standard InChI is InChI=1S/C14H14N4OS/c1-19-9-10-20-13-8-7-12-15-16-14(18(12)17-13)11-5-3-2-4-6-11/h2-8H,9-10H2,1H3. The molecule has 102 valence electrons. The van der Waals surface area contributed by atoms with Gasteiger partial charge in [0.05, 0.1) is 6.61 Å². The van der Waals surface area contributed by atoms with Gasteiger partial charge < -0.3 is 4.74 Å². The van der Waals surface area contributed by atoms with Gasteiger partial charge in [-0.15, -0.1) is 22.0 Å². The van der Waals surface area contributed by atoms with Gasteiger partial charge in [0.2, 0.25) is 0 Å². The Morgan fingerprint density at radius 1 is 1.10 bits per heavy atom. The molecule has 0 N–H and O–H groups in total. The molecule has 20 heavy (non-hydrogen) atoms. The summed E-state index contributed by atoms with van der Waals surface area (Å²) in [6, 6.07) is 13.8. The molecule has 0 saturated carbocycles. The summed E-state index contributed by atoms with van der Waals surface area (Å²) in [7, 11) is 1.70. The van der Waals surface area contributed by atoms with Crippen molar-refractivity contribution in [3.8, 4) is 11.4 Å². The molecule has 3 rings (SSSR count). The zero-order valence-electron chi connectivity index (χ0n) is 11.1. The van der Waals surface area contributed by atoms with E-state index in [9.17, 15) is 0 Å². The van der Waals surface area contributed by atoms with Crippen LogP contribution in [-0.4, -0.2) is 39.3 Å². The van der Waals surface area contributed by atoms with Crippen molar-refractivity contribution < 1.29 is 4.74 Å². The largest absolute Gasteiger partial charge is 0.384 e. The summed E-state index contributed by atoms with van der Waals surface area (Å²) in [6.45, 7) is 0.706. The summed E-state index contributed by atoms with van der Waals surface area (Å²) in [4.78, 5) is 0. The van der Waals surface area contributed by atoms with Crippen LogP contribution in [0.1, 0.15) is 0 Å². The number of ether oxygens (including phenoxy) is 1. The molecule has 0 saturated heterocycles. The van der Waals surface area contributed by atoms with E-state index < -0.39 is 0 Å². The first-order chi connectivity index (χ1) is 9.88. The van der Waals surface area contributed by atoms with Crippen molar-refractivity contribution in [3.63, 3.8) is 0 Å². The fourth-order valence-corrected chi connectivity index (χ4v) is 2.61. The maximum atomic E-state index is 5.05. The smallest absolute Gasteiger partial charge is 0.185 e. The molecule has 0 bridgehead atoms. The summed E-state index contributed by atoms with van der Waals surface area (Å²) >= 11 is 1.65. The topological polar surface area (TPSA) is 52.3 Å². The van der Waals surface area contributed by atoms with Crippen LogP contribution in [0.4, 0.5) is 0 Å². The minimum Gasteiger partial charge on any atom is -0.384 e. The molecule has 0 amide bonds. The first kappa shape index (κ1) is 13.1. The zero-order valence-corrected chi connectivity index (χ0v) is 11.9. The van der Waals surface area contributed by atoms with Crippen molar-refractivity contribution in [1.82, 2.24) is 19.8 Å². The van der Waals surface area contributed by atoms with E-state index >= 15 is 0 Å². The summed E-state index contributed by atoms with van der Waals surface area (Å²) in [5.74, 6) is 1.63. The van der Waals surface area contributed by atoms with Crippen LogP contribution in [0, 0.1) is 0 Å². The van der Waals surface area contributed by atoms with Crippen molar-refractivity contribution in [3.05, 3.63) is 42.5 Å². The number of hydrogen-bond donors (Lipinski definition) is 0. The molecular weight excluding hydrogens is 272 g/mol. The second-order valence-electron chi connectivity index (χ2n) is 4.17. The van der Waals surface area contributed by atoms with Crippen molar-refractivity contribution in [2.24, 2.45) is 0 Å². The maximum Gasteiger partial charge on any atom is 0.185 e. The normalized spacial score (nSPS) is 11.1. The zero-order chi connectivity index (χ0) is 13.8. The third kappa shape index (κ3) is 2.66. The molecule has 2 aromatic heterocycles. The summed E-state index contributed by atoms with van der Waals surface area (Å²) in [5, 5.41) is 13.9. The molecule has 3 aromatic rings. The highest BCUT2D eigenvalue weighted by Gasteiger charge is 2.09. The van der Waals surface area contributed by atoms with Gasteiger partial charge in [0.25, 0.3) is 0 Å². The van der Waals surface area contributed by atoms with Crippen LogP contribution in [0.5, 0.6) is 0 Å². The molecule has 0 unspecified atom stereocenters. The van der Waals surface area contributed by atoms with Gasteiger partial charge >= 0.3 is 0 Å². The number of fused-ring (bicyclic) bond motifs is 1. The molecule has 0 aliphatic heterocycles. The Hall–Kier alpha value is -1.92. The second-order valence-corrected chi connectivity index (χ2v) is 5.29. The molecule has 6 heteroatoms. The molecule has 0 aliphatic rings.